The van der Waals surface area contributed by atoms with Crippen LogP contribution in [0.15, 0.2) is 73.8 Å². The summed E-state index contributed by atoms with van der Waals surface area (Å²) in [7, 11) is 0. The molecule has 3 heterocycles. The molecule has 6 atom stereocenters. The molecule has 9 heteroatoms. The Morgan fingerprint density at radius 2 is 1.77 bits per heavy atom. The molecule has 3 amide bonds. The van der Waals surface area contributed by atoms with Crippen molar-refractivity contribution in [2.24, 2.45) is 17.8 Å². The fourth-order valence-electron chi connectivity index (χ4n) is 7.64. The topological polar surface area (TPSA) is 90.4 Å². The molecule has 0 aromatic heterocycles. The van der Waals surface area contributed by atoms with Crippen LogP contribution >= 0.6 is 11.6 Å². The molecule has 3 saturated heterocycles. The number of amides is 3. The lowest BCUT2D eigenvalue weighted by atomic mass is 9.62. The van der Waals surface area contributed by atoms with Gasteiger partial charge in [-0.3, -0.25) is 14.4 Å². The summed E-state index contributed by atoms with van der Waals surface area (Å²) in [5.41, 5.74) is -0.165. The first kappa shape index (κ1) is 31.0. The van der Waals surface area contributed by atoms with Crippen molar-refractivity contribution < 1.29 is 24.2 Å². The molecule has 1 N–H and O–H groups in total. The first-order valence-electron chi connectivity index (χ1n) is 14.8. The summed E-state index contributed by atoms with van der Waals surface area (Å²) < 4.78 is 6.92. The number of aliphatic hydroxyl groups is 1. The Morgan fingerprint density at radius 3 is 2.40 bits per heavy atom. The van der Waals surface area contributed by atoms with E-state index in [1.165, 1.54) is 4.90 Å². The van der Waals surface area contributed by atoms with Crippen LogP contribution in [0.3, 0.4) is 0 Å². The number of likely N-dealkylation sites (tertiary alicyclic amines) is 1. The number of halogens is 1. The zero-order valence-corrected chi connectivity index (χ0v) is 25.8. The fraction of sp³-hybridized carbons (Fsp3) is 0.441. The van der Waals surface area contributed by atoms with Crippen LogP contribution in [0.25, 0.3) is 0 Å². The van der Waals surface area contributed by atoms with E-state index in [0.29, 0.717) is 22.8 Å². The summed E-state index contributed by atoms with van der Waals surface area (Å²) in [6.07, 6.45) is 4.01. The van der Waals surface area contributed by atoms with Crippen LogP contribution < -0.4 is 9.80 Å². The highest BCUT2D eigenvalue weighted by molar-refractivity contribution is 6.34. The van der Waals surface area contributed by atoms with Crippen LogP contribution in [0.5, 0.6) is 0 Å². The minimum Gasteiger partial charge on any atom is -0.396 e. The van der Waals surface area contributed by atoms with Gasteiger partial charge in [0.2, 0.25) is 11.8 Å². The first-order valence-corrected chi connectivity index (χ1v) is 15.2. The van der Waals surface area contributed by atoms with E-state index in [9.17, 15) is 19.5 Å². The molecule has 8 nitrogen and oxygen atoms in total. The molecule has 5 rings (SSSR count). The lowest BCUT2D eigenvalue weighted by molar-refractivity contribution is -0.146. The second-order valence-corrected chi connectivity index (χ2v) is 12.4. The lowest BCUT2D eigenvalue weighted by Crippen LogP contribution is -2.57. The number of ether oxygens (including phenoxy) is 1. The van der Waals surface area contributed by atoms with E-state index >= 15 is 0 Å². The number of anilines is 2. The van der Waals surface area contributed by atoms with Crippen molar-refractivity contribution in [2.75, 3.05) is 36.0 Å². The summed E-state index contributed by atoms with van der Waals surface area (Å²) in [5.74, 6) is -2.70. The van der Waals surface area contributed by atoms with Gasteiger partial charge >= 0.3 is 0 Å². The van der Waals surface area contributed by atoms with Gasteiger partial charge in [0.05, 0.1) is 28.1 Å². The van der Waals surface area contributed by atoms with E-state index in [4.69, 9.17) is 16.3 Å². The predicted octanol–water partition coefficient (Wildman–Crippen LogP) is 4.78. The second-order valence-electron chi connectivity index (χ2n) is 12.0. The number of hydrogen-bond acceptors (Lipinski definition) is 5. The molecule has 3 aliphatic rings. The SMILES string of the molecule is C=CCN(C(=O)[C@@H]1[C@H]2C(=O)N(CCCO)C(C(=O)N(CC=C)c3c(C)cccc3Cl)C23CC(C)[C@@]1(C)O3)c1ccccc1. The van der Waals surface area contributed by atoms with E-state index in [2.05, 4.69) is 13.2 Å². The minimum atomic E-state index is -1.23. The van der Waals surface area contributed by atoms with Gasteiger partial charge in [0.1, 0.15) is 11.6 Å². The highest BCUT2D eigenvalue weighted by Gasteiger charge is 2.80. The molecule has 2 aromatic carbocycles. The van der Waals surface area contributed by atoms with Crippen molar-refractivity contribution >= 4 is 40.7 Å². The molecule has 1 spiro atoms. The van der Waals surface area contributed by atoms with E-state index in [1.54, 1.807) is 28.0 Å². The molecule has 3 fully saturated rings. The van der Waals surface area contributed by atoms with Crippen LogP contribution in [0, 0.1) is 24.7 Å². The minimum absolute atomic E-state index is 0.116. The summed E-state index contributed by atoms with van der Waals surface area (Å²) >= 11 is 6.65. The molecule has 0 aliphatic carbocycles. The van der Waals surface area contributed by atoms with Crippen LogP contribution in [-0.2, 0) is 19.1 Å². The zero-order chi connectivity index (χ0) is 31.1. The van der Waals surface area contributed by atoms with Gasteiger partial charge in [-0.2, -0.15) is 0 Å². The van der Waals surface area contributed by atoms with Gasteiger partial charge < -0.3 is 24.5 Å². The predicted molar refractivity (Wildman–Crippen MR) is 168 cm³/mol. The van der Waals surface area contributed by atoms with Crippen molar-refractivity contribution in [1.29, 1.82) is 0 Å². The molecule has 3 aliphatic heterocycles. The number of nitrogens with zero attached hydrogens (tertiary/aromatic N) is 3. The largest absolute Gasteiger partial charge is 0.396 e. The van der Waals surface area contributed by atoms with Gasteiger partial charge in [-0.05, 0) is 56.4 Å². The standard InChI is InChI=1S/C34H40ClN3O5/c1-6-17-36(24-14-9-8-10-15-24)30(40)26-27-31(41)38(19-12-20-39)29(34(27)21-23(4)33(26,5)43-34)32(42)37(18-7-2)28-22(3)13-11-16-25(28)35/h6-11,13-16,23,26-27,29,39H,1-2,12,17-21H2,3-5H3/t23?,26-,27-,29?,33+,34?/m0/s1. The van der Waals surface area contributed by atoms with E-state index in [1.807, 2.05) is 63.2 Å². The first-order chi connectivity index (χ1) is 20.6. The van der Waals surface area contributed by atoms with Crippen molar-refractivity contribution in [3.63, 3.8) is 0 Å². The van der Waals surface area contributed by atoms with Gasteiger partial charge in [-0.15, -0.1) is 13.2 Å². The number of hydrogen-bond donors (Lipinski definition) is 1. The summed E-state index contributed by atoms with van der Waals surface area (Å²) in [5, 5.41) is 10.1. The van der Waals surface area contributed by atoms with E-state index in [-0.39, 0.29) is 56.3 Å². The van der Waals surface area contributed by atoms with E-state index < -0.39 is 29.1 Å². The van der Waals surface area contributed by atoms with Crippen LogP contribution in [0.1, 0.15) is 32.3 Å². The zero-order valence-electron chi connectivity index (χ0n) is 25.0. The molecule has 43 heavy (non-hydrogen) atoms. The highest BCUT2D eigenvalue weighted by Crippen LogP contribution is 2.65. The van der Waals surface area contributed by atoms with Crippen molar-refractivity contribution in [3.05, 3.63) is 84.4 Å². The number of aryl methyl sites for hydroxylation is 1. The summed E-state index contributed by atoms with van der Waals surface area (Å²) in [6, 6.07) is 13.7. The lowest BCUT2D eigenvalue weighted by Gasteiger charge is -2.39. The maximum absolute atomic E-state index is 14.8. The van der Waals surface area contributed by atoms with Gasteiger partial charge in [0.15, 0.2) is 0 Å². The average molecular weight is 606 g/mol. The number of rotatable bonds is 11. The monoisotopic (exact) mass is 605 g/mol. The van der Waals surface area contributed by atoms with Crippen molar-refractivity contribution in [1.82, 2.24) is 4.90 Å². The number of carbonyl (C=O) groups excluding carboxylic acids is 3. The number of benzene rings is 2. The molecule has 0 radical (unpaired) electrons. The van der Waals surface area contributed by atoms with Gasteiger partial charge in [-0.1, -0.05) is 61.0 Å². The van der Waals surface area contributed by atoms with E-state index in [0.717, 1.165) is 5.56 Å². The highest BCUT2D eigenvalue weighted by atomic mass is 35.5. The quantitative estimate of drug-likeness (QED) is 0.372. The molecular weight excluding hydrogens is 566 g/mol. The molecular formula is C34H40ClN3O5. The molecule has 0 saturated carbocycles. The Labute approximate surface area is 258 Å². The molecule has 2 aromatic rings. The number of fused-ring (bicyclic) bond motifs is 1. The smallest absolute Gasteiger partial charge is 0.253 e. The average Bonchev–Trinajstić information content (AvgIpc) is 3.50. The Hall–Kier alpha value is -3.46. The molecule has 2 bridgehead atoms. The van der Waals surface area contributed by atoms with Gasteiger partial charge in [0, 0.05) is 31.9 Å². The maximum Gasteiger partial charge on any atom is 0.253 e. The Morgan fingerprint density at radius 1 is 1.09 bits per heavy atom. The van der Waals surface area contributed by atoms with Crippen LogP contribution in [0.4, 0.5) is 11.4 Å². The third kappa shape index (κ3) is 4.80. The Balaban J connectivity index is 1.64. The summed E-state index contributed by atoms with van der Waals surface area (Å²) in [6.45, 7) is 14.0. The third-order valence-electron chi connectivity index (χ3n) is 9.55. The maximum atomic E-state index is 14.8. The van der Waals surface area contributed by atoms with Crippen LogP contribution in [0.2, 0.25) is 5.02 Å². The Bertz CT molecular complexity index is 1410. The normalized spacial score (nSPS) is 29.0. The van der Waals surface area contributed by atoms with Crippen molar-refractivity contribution in [3.8, 4) is 0 Å². The molecule has 228 valence electrons. The Kier molecular flexibility index (Phi) is 8.58. The number of para-hydroxylation sites is 2. The van der Waals surface area contributed by atoms with Gasteiger partial charge in [-0.25, -0.2) is 0 Å². The number of carbonyl (C=O) groups is 3. The fourth-order valence-corrected chi connectivity index (χ4v) is 7.96. The third-order valence-corrected chi connectivity index (χ3v) is 9.86. The van der Waals surface area contributed by atoms with Crippen LogP contribution in [-0.4, -0.2) is 71.2 Å². The molecule has 3 unspecified atom stereocenters. The summed E-state index contributed by atoms with van der Waals surface area (Å²) in [4.78, 5) is 48.6. The second kappa shape index (κ2) is 11.9. The van der Waals surface area contributed by atoms with Gasteiger partial charge in [0.25, 0.3) is 5.91 Å². The van der Waals surface area contributed by atoms with Crippen molar-refractivity contribution in [2.45, 2.75) is 50.9 Å². The number of aliphatic hydroxyl groups excluding tert-OH is 1.